The summed E-state index contributed by atoms with van der Waals surface area (Å²) >= 11 is 0. The zero-order chi connectivity index (χ0) is 16.8. The SMILES string of the molecule is CC.[B]C([B])(c1cc(S(=O)(=O)CC)ccn1)N(C)C(C)=O. The molecule has 0 aromatic carbocycles. The Morgan fingerprint density at radius 2 is 1.90 bits per heavy atom. The Balaban J connectivity index is 0.00000191. The molecule has 0 bridgehead atoms. The molecule has 1 aromatic rings. The van der Waals surface area contributed by atoms with Crippen LogP contribution in [0.4, 0.5) is 0 Å². The molecule has 0 aliphatic heterocycles. The number of nitrogens with zero attached hydrogens (tertiary/aromatic N) is 2. The second-order valence-corrected chi connectivity index (χ2v) is 6.46. The van der Waals surface area contributed by atoms with Crippen LogP contribution < -0.4 is 0 Å². The van der Waals surface area contributed by atoms with E-state index in [9.17, 15) is 13.2 Å². The molecular weight excluding hydrogens is 286 g/mol. The predicted molar refractivity (Wildman–Crippen MR) is 84.9 cm³/mol. The molecule has 112 valence electrons. The first-order valence-corrected chi connectivity index (χ1v) is 8.29. The Kier molecular flexibility index (Phi) is 7.16. The second-order valence-electron chi connectivity index (χ2n) is 4.18. The normalized spacial score (nSPS) is 11.3. The molecule has 0 fully saturated rings. The summed E-state index contributed by atoms with van der Waals surface area (Å²) in [5.74, 6) is -0.392. The van der Waals surface area contributed by atoms with Crippen molar-refractivity contribution in [3.8, 4) is 0 Å². The summed E-state index contributed by atoms with van der Waals surface area (Å²) in [5.41, 5.74) is 0.111. The predicted octanol–water partition coefficient (Wildman–Crippen LogP) is 0.827. The highest BCUT2D eigenvalue weighted by Gasteiger charge is 2.29. The Morgan fingerprint density at radius 3 is 2.33 bits per heavy atom. The van der Waals surface area contributed by atoms with E-state index >= 15 is 0 Å². The maximum Gasteiger partial charge on any atom is 0.218 e. The van der Waals surface area contributed by atoms with Crippen LogP contribution in [-0.2, 0) is 20.0 Å². The molecule has 4 radical (unpaired) electrons. The van der Waals surface area contributed by atoms with E-state index in [1.807, 2.05) is 13.8 Å². The smallest absolute Gasteiger partial charge is 0.218 e. The van der Waals surface area contributed by atoms with E-state index in [1.54, 1.807) is 0 Å². The van der Waals surface area contributed by atoms with Gasteiger partial charge in [0.15, 0.2) is 9.84 Å². The molecule has 1 rings (SSSR count). The van der Waals surface area contributed by atoms with Gasteiger partial charge in [0.05, 0.1) is 26.3 Å². The van der Waals surface area contributed by atoms with Gasteiger partial charge in [-0.1, -0.05) is 20.8 Å². The highest BCUT2D eigenvalue weighted by Crippen LogP contribution is 2.21. The van der Waals surface area contributed by atoms with Crippen LogP contribution in [0.5, 0.6) is 0 Å². The monoisotopic (exact) mass is 306 g/mol. The molecular formula is C13H20B2N2O3S. The van der Waals surface area contributed by atoms with Gasteiger partial charge in [-0.15, -0.1) is 0 Å². The molecule has 8 heteroatoms. The maximum absolute atomic E-state index is 11.8. The van der Waals surface area contributed by atoms with Gasteiger partial charge in [-0.05, 0) is 12.1 Å². The molecule has 0 aliphatic carbocycles. The van der Waals surface area contributed by atoms with Crippen molar-refractivity contribution in [1.82, 2.24) is 9.88 Å². The van der Waals surface area contributed by atoms with Crippen LogP contribution in [0.1, 0.15) is 33.4 Å². The van der Waals surface area contributed by atoms with E-state index in [0.29, 0.717) is 0 Å². The maximum atomic E-state index is 11.8. The number of amides is 1. The molecule has 0 N–H and O–H groups in total. The Hall–Kier alpha value is -1.30. The van der Waals surface area contributed by atoms with Gasteiger partial charge in [0, 0.05) is 31.2 Å². The number of pyridine rings is 1. The fraction of sp³-hybridized carbons (Fsp3) is 0.538. The Labute approximate surface area is 129 Å². The summed E-state index contributed by atoms with van der Waals surface area (Å²) in [6.07, 6.45) is 1.31. The van der Waals surface area contributed by atoms with Crippen LogP contribution in [0.15, 0.2) is 23.2 Å². The first kappa shape index (κ1) is 19.7. The summed E-state index contributed by atoms with van der Waals surface area (Å²) in [7, 11) is 9.76. The van der Waals surface area contributed by atoms with E-state index in [1.165, 1.54) is 39.2 Å². The summed E-state index contributed by atoms with van der Waals surface area (Å²) in [6, 6.07) is 2.66. The molecule has 0 unspecified atom stereocenters. The van der Waals surface area contributed by atoms with Crippen molar-refractivity contribution in [3.63, 3.8) is 0 Å². The molecule has 0 saturated carbocycles. The van der Waals surface area contributed by atoms with Crippen LogP contribution >= 0.6 is 0 Å². The van der Waals surface area contributed by atoms with Crippen LogP contribution in [-0.4, -0.2) is 52.7 Å². The fourth-order valence-corrected chi connectivity index (χ4v) is 2.32. The number of rotatable bonds is 4. The van der Waals surface area contributed by atoms with Gasteiger partial charge < -0.3 is 4.90 Å². The number of hydrogen-bond acceptors (Lipinski definition) is 4. The number of sulfone groups is 1. The molecule has 1 heterocycles. The van der Waals surface area contributed by atoms with Gasteiger partial charge in [0.25, 0.3) is 0 Å². The third kappa shape index (κ3) is 4.59. The number of hydrogen-bond donors (Lipinski definition) is 0. The Morgan fingerprint density at radius 1 is 1.38 bits per heavy atom. The van der Waals surface area contributed by atoms with E-state index < -0.39 is 15.2 Å². The lowest BCUT2D eigenvalue weighted by Gasteiger charge is -2.36. The third-order valence-corrected chi connectivity index (χ3v) is 4.64. The zero-order valence-corrected chi connectivity index (χ0v) is 13.9. The van der Waals surface area contributed by atoms with Gasteiger partial charge in [-0.25, -0.2) is 8.42 Å². The molecule has 0 aliphatic rings. The largest absolute Gasteiger partial charge is 0.352 e. The van der Waals surface area contributed by atoms with Crippen molar-refractivity contribution in [2.45, 2.75) is 37.9 Å². The summed E-state index contributed by atoms with van der Waals surface area (Å²) in [5, 5.41) is -1.66. The van der Waals surface area contributed by atoms with Gasteiger partial charge in [0.1, 0.15) is 0 Å². The van der Waals surface area contributed by atoms with Crippen molar-refractivity contribution in [3.05, 3.63) is 24.0 Å². The van der Waals surface area contributed by atoms with Gasteiger partial charge in [-0.3, -0.25) is 9.78 Å². The minimum absolute atomic E-state index is 0.0405. The second kappa shape index (κ2) is 7.64. The third-order valence-electron chi connectivity index (χ3n) is 2.91. The standard InChI is InChI=1S/C11H14B2N2O3S.C2H6/c1-4-19(17,18)9-5-6-14-10(7-9)11(12,13)15(3)8(2)16;1-2/h5-7H,4H2,1-3H3;1-2H3. The van der Waals surface area contributed by atoms with Gasteiger partial charge >= 0.3 is 0 Å². The lowest BCUT2D eigenvalue weighted by atomic mass is 9.58. The van der Waals surface area contributed by atoms with E-state index in [-0.39, 0.29) is 22.2 Å². The van der Waals surface area contributed by atoms with Crippen molar-refractivity contribution in [1.29, 1.82) is 0 Å². The molecule has 0 atom stereocenters. The summed E-state index contributed by atoms with van der Waals surface area (Å²) in [6.45, 7) is 6.84. The highest BCUT2D eigenvalue weighted by atomic mass is 32.2. The molecule has 5 nitrogen and oxygen atoms in total. The number of carbonyl (C=O) groups excluding carboxylic acids is 1. The van der Waals surface area contributed by atoms with Crippen LogP contribution in [0.3, 0.4) is 0 Å². The molecule has 1 aromatic heterocycles. The van der Waals surface area contributed by atoms with Crippen molar-refractivity contribution in [2.24, 2.45) is 0 Å². The molecule has 0 spiro atoms. The quantitative estimate of drug-likeness (QED) is 0.773. The first-order chi connectivity index (χ1) is 9.63. The Bertz CT molecular complexity index is 589. The lowest BCUT2D eigenvalue weighted by molar-refractivity contribution is -0.129. The average Bonchev–Trinajstić information content (AvgIpc) is 2.48. The number of aromatic nitrogens is 1. The van der Waals surface area contributed by atoms with Crippen molar-refractivity contribution >= 4 is 31.4 Å². The van der Waals surface area contributed by atoms with E-state index in [2.05, 4.69) is 4.98 Å². The topological polar surface area (TPSA) is 67.3 Å². The molecule has 1 amide bonds. The fourth-order valence-electron chi connectivity index (χ4n) is 1.42. The van der Waals surface area contributed by atoms with Gasteiger partial charge in [0.2, 0.25) is 5.91 Å². The van der Waals surface area contributed by atoms with Crippen LogP contribution in [0.2, 0.25) is 0 Å². The lowest BCUT2D eigenvalue weighted by Crippen LogP contribution is -2.48. The van der Waals surface area contributed by atoms with E-state index in [4.69, 9.17) is 15.7 Å². The number of carbonyl (C=O) groups is 1. The molecule has 21 heavy (non-hydrogen) atoms. The molecule has 0 saturated heterocycles. The summed E-state index contributed by atoms with van der Waals surface area (Å²) in [4.78, 5) is 16.5. The van der Waals surface area contributed by atoms with Crippen molar-refractivity contribution in [2.75, 3.05) is 12.8 Å². The van der Waals surface area contributed by atoms with Gasteiger partial charge in [-0.2, -0.15) is 0 Å². The minimum atomic E-state index is -3.38. The average molecular weight is 306 g/mol. The van der Waals surface area contributed by atoms with Crippen molar-refractivity contribution < 1.29 is 13.2 Å². The minimum Gasteiger partial charge on any atom is -0.352 e. The summed E-state index contributed by atoms with van der Waals surface area (Å²) < 4.78 is 23.6. The van der Waals surface area contributed by atoms with E-state index in [0.717, 1.165) is 4.90 Å². The zero-order valence-electron chi connectivity index (χ0n) is 13.1. The first-order valence-electron chi connectivity index (χ1n) is 6.64. The highest BCUT2D eigenvalue weighted by molar-refractivity contribution is 7.91. The van der Waals surface area contributed by atoms with Crippen LogP contribution in [0.25, 0.3) is 0 Å². The van der Waals surface area contributed by atoms with Crippen LogP contribution in [0, 0.1) is 0 Å².